The lowest BCUT2D eigenvalue weighted by Crippen LogP contribution is -2.29. The van der Waals surface area contributed by atoms with Gasteiger partial charge in [-0.3, -0.25) is 0 Å². The van der Waals surface area contributed by atoms with E-state index >= 15 is 0 Å². The van der Waals surface area contributed by atoms with Crippen LogP contribution in [-0.4, -0.2) is 60.6 Å². The molecule has 128 valence electrons. The summed E-state index contributed by atoms with van der Waals surface area (Å²) < 4.78 is 0. The summed E-state index contributed by atoms with van der Waals surface area (Å²) in [4.78, 5) is 4.56. The molecule has 0 N–H and O–H groups in total. The third-order valence-corrected chi connectivity index (χ3v) is 9.17. The molecule has 0 aromatic heterocycles. The van der Waals surface area contributed by atoms with Crippen LogP contribution >= 0.6 is 31.4 Å². The molecule has 0 radical (unpaired) electrons. The smallest absolute Gasteiger partial charge is 0.0570 e. The maximum atomic E-state index is 2.32. The second kappa shape index (κ2) is 8.86. The second-order valence-electron chi connectivity index (χ2n) is 6.48. The van der Waals surface area contributed by atoms with Crippen LogP contribution < -0.4 is 0 Å². The Bertz CT molecular complexity index is 474. The van der Waals surface area contributed by atoms with Crippen LogP contribution in [0.2, 0.25) is 0 Å². The fourth-order valence-electron chi connectivity index (χ4n) is 2.58. The van der Waals surface area contributed by atoms with Gasteiger partial charge in [-0.15, -0.1) is 0 Å². The SMILES string of the molecule is C[C@H](C1=CC=CC1SSSC1C=CC=C1[C@@H](C)N(C)C)N(C)C. The first-order chi connectivity index (χ1) is 10.9. The van der Waals surface area contributed by atoms with Gasteiger partial charge in [-0.25, -0.2) is 0 Å². The van der Waals surface area contributed by atoms with Crippen LogP contribution in [0.3, 0.4) is 0 Å². The van der Waals surface area contributed by atoms with E-state index in [2.05, 4.69) is 88.3 Å². The van der Waals surface area contributed by atoms with Gasteiger partial charge in [0.1, 0.15) is 0 Å². The monoisotopic (exact) mass is 368 g/mol. The summed E-state index contributed by atoms with van der Waals surface area (Å²) in [6.07, 6.45) is 13.6. The summed E-state index contributed by atoms with van der Waals surface area (Å²) in [6.45, 7) is 4.56. The zero-order valence-corrected chi connectivity index (χ0v) is 17.3. The summed E-state index contributed by atoms with van der Waals surface area (Å²) in [6, 6.07) is 0.979. The van der Waals surface area contributed by atoms with Gasteiger partial charge >= 0.3 is 0 Å². The highest BCUT2D eigenvalue weighted by molar-refractivity contribution is 9.09. The summed E-state index contributed by atoms with van der Waals surface area (Å²) in [7, 11) is 14.5. The number of likely N-dealkylation sites (N-methyl/N-ethyl adjacent to an activating group) is 2. The molecule has 0 aliphatic heterocycles. The minimum absolute atomic E-state index is 0.490. The summed E-state index contributed by atoms with van der Waals surface area (Å²) in [5.41, 5.74) is 3.01. The third kappa shape index (κ3) is 4.95. The third-order valence-electron chi connectivity index (χ3n) is 4.61. The van der Waals surface area contributed by atoms with Crippen molar-refractivity contribution in [2.45, 2.75) is 36.4 Å². The van der Waals surface area contributed by atoms with Crippen LogP contribution in [0.4, 0.5) is 0 Å². The van der Waals surface area contributed by atoms with E-state index in [0.29, 0.717) is 22.6 Å². The Balaban J connectivity index is 1.83. The van der Waals surface area contributed by atoms with Crippen LogP contribution in [0.1, 0.15) is 13.8 Å². The number of hydrogen-bond donors (Lipinski definition) is 0. The zero-order valence-electron chi connectivity index (χ0n) is 14.9. The molecular formula is C18H28N2S3. The van der Waals surface area contributed by atoms with Crippen molar-refractivity contribution in [3.05, 3.63) is 47.6 Å². The fourth-order valence-corrected chi connectivity index (χ4v) is 7.50. The van der Waals surface area contributed by atoms with E-state index < -0.39 is 0 Å². The average Bonchev–Trinajstić information content (AvgIpc) is 3.14. The van der Waals surface area contributed by atoms with Crippen molar-refractivity contribution in [2.75, 3.05) is 28.2 Å². The maximum Gasteiger partial charge on any atom is 0.0570 e. The van der Waals surface area contributed by atoms with E-state index in [1.807, 2.05) is 31.4 Å². The molecule has 0 aromatic carbocycles. The number of hydrogen-bond acceptors (Lipinski definition) is 5. The minimum Gasteiger partial charge on any atom is -0.303 e. The predicted molar refractivity (Wildman–Crippen MR) is 111 cm³/mol. The molecule has 2 aliphatic rings. The molecule has 4 atom stereocenters. The van der Waals surface area contributed by atoms with E-state index in [4.69, 9.17) is 0 Å². The lowest BCUT2D eigenvalue weighted by molar-refractivity contribution is 0.349. The number of nitrogens with zero attached hydrogens (tertiary/aromatic N) is 2. The van der Waals surface area contributed by atoms with Gasteiger partial charge in [0.25, 0.3) is 0 Å². The Morgan fingerprint density at radius 3 is 1.52 bits per heavy atom. The first-order valence-corrected chi connectivity index (χ1v) is 11.6. The second-order valence-corrected chi connectivity index (χ2v) is 10.8. The van der Waals surface area contributed by atoms with Crippen LogP contribution in [0.25, 0.3) is 0 Å². The Kier molecular flexibility index (Phi) is 7.42. The van der Waals surface area contributed by atoms with Crippen LogP contribution in [0.5, 0.6) is 0 Å². The Morgan fingerprint density at radius 1 is 0.783 bits per heavy atom. The lowest BCUT2D eigenvalue weighted by atomic mass is 10.1. The molecule has 0 heterocycles. The molecule has 0 fully saturated rings. The highest BCUT2D eigenvalue weighted by atomic mass is 33.5. The van der Waals surface area contributed by atoms with Gasteiger partial charge in [-0.2, -0.15) is 0 Å². The topological polar surface area (TPSA) is 6.48 Å². The molecule has 2 rings (SSSR count). The molecule has 0 amide bonds. The zero-order chi connectivity index (χ0) is 17.0. The molecule has 2 nitrogen and oxygen atoms in total. The fraction of sp³-hybridized carbons (Fsp3) is 0.556. The normalized spacial score (nSPS) is 26.1. The van der Waals surface area contributed by atoms with Crippen molar-refractivity contribution in [3.8, 4) is 0 Å². The predicted octanol–water partition coefficient (Wildman–Crippen LogP) is 4.65. The first kappa shape index (κ1) is 19.3. The van der Waals surface area contributed by atoms with Gasteiger partial charge in [0.05, 0.1) is 10.5 Å². The Hall–Kier alpha value is -0.0700. The van der Waals surface area contributed by atoms with E-state index in [1.165, 1.54) is 11.1 Å². The quantitative estimate of drug-likeness (QED) is 0.574. The van der Waals surface area contributed by atoms with Gasteiger partial charge in [0.15, 0.2) is 0 Å². The molecule has 5 heteroatoms. The molecule has 0 bridgehead atoms. The highest BCUT2D eigenvalue weighted by Crippen LogP contribution is 2.47. The summed E-state index contributed by atoms with van der Waals surface area (Å²) in [5, 5.41) is 0.989. The van der Waals surface area contributed by atoms with E-state index in [9.17, 15) is 0 Å². The average molecular weight is 369 g/mol. The van der Waals surface area contributed by atoms with Crippen LogP contribution in [0.15, 0.2) is 47.6 Å². The largest absolute Gasteiger partial charge is 0.303 e. The van der Waals surface area contributed by atoms with Crippen LogP contribution in [-0.2, 0) is 0 Å². The number of rotatable bonds is 8. The van der Waals surface area contributed by atoms with Gasteiger partial charge in [-0.1, -0.05) is 58.0 Å². The standard InChI is InChI=1S/C18H28N2S3/c1-13(19(3)4)15-9-7-11-17(15)21-23-22-18-12-8-10-16(18)14(2)20(5)6/h7-14,17-18H,1-6H3/t13-,14-,17?,18?/m1/s1. The molecule has 0 saturated carbocycles. The van der Waals surface area contributed by atoms with Gasteiger partial charge in [0, 0.05) is 12.1 Å². The Labute approximate surface area is 153 Å². The van der Waals surface area contributed by atoms with Gasteiger partial charge < -0.3 is 9.80 Å². The Morgan fingerprint density at radius 2 is 1.17 bits per heavy atom. The van der Waals surface area contributed by atoms with Crippen molar-refractivity contribution < 1.29 is 0 Å². The van der Waals surface area contributed by atoms with Crippen molar-refractivity contribution in [2.24, 2.45) is 0 Å². The summed E-state index contributed by atoms with van der Waals surface area (Å²) in [5.74, 6) is 0. The van der Waals surface area contributed by atoms with Gasteiger partial charge in [-0.05, 0) is 63.0 Å². The molecular weight excluding hydrogens is 340 g/mol. The summed E-state index contributed by atoms with van der Waals surface area (Å²) >= 11 is 0. The van der Waals surface area contributed by atoms with E-state index in [-0.39, 0.29) is 0 Å². The molecule has 23 heavy (non-hydrogen) atoms. The maximum absolute atomic E-state index is 2.32. The molecule has 0 saturated heterocycles. The van der Waals surface area contributed by atoms with Crippen molar-refractivity contribution >= 4 is 31.4 Å². The van der Waals surface area contributed by atoms with E-state index in [0.717, 1.165) is 0 Å². The molecule has 0 spiro atoms. The van der Waals surface area contributed by atoms with Crippen molar-refractivity contribution in [3.63, 3.8) is 0 Å². The van der Waals surface area contributed by atoms with Crippen LogP contribution in [0, 0.1) is 0 Å². The lowest BCUT2D eigenvalue weighted by Gasteiger charge is -2.26. The molecule has 2 aliphatic carbocycles. The minimum atomic E-state index is 0.490. The van der Waals surface area contributed by atoms with Gasteiger partial charge in [0.2, 0.25) is 0 Å². The first-order valence-electron chi connectivity index (χ1n) is 8.00. The molecule has 0 aromatic rings. The highest BCUT2D eigenvalue weighted by Gasteiger charge is 2.25. The van der Waals surface area contributed by atoms with Crippen molar-refractivity contribution in [1.82, 2.24) is 9.80 Å². The number of allylic oxidation sites excluding steroid dienone is 4. The van der Waals surface area contributed by atoms with E-state index in [1.54, 1.807) is 0 Å². The van der Waals surface area contributed by atoms with Crippen molar-refractivity contribution in [1.29, 1.82) is 0 Å². The molecule has 2 unspecified atom stereocenters.